The van der Waals surface area contributed by atoms with Crippen molar-refractivity contribution in [3.63, 3.8) is 0 Å². The van der Waals surface area contributed by atoms with E-state index in [-0.39, 0.29) is 23.0 Å². The molecule has 0 bridgehead atoms. The van der Waals surface area contributed by atoms with E-state index in [2.05, 4.69) is 18.6 Å². The molecule has 0 spiro atoms. The van der Waals surface area contributed by atoms with Gasteiger partial charge in [0.25, 0.3) is 0 Å². The minimum atomic E-state index is -1.57. The molecule has 13 nitrogen and oxygen atoms in total. The SMILES string of the molecule is Cc1oc(=O)oc1COC(=O)N[C@@H](C(=O)O)C(C)(C)SC(=O)OCc1oc(=O)oc1C. The molecule has 2 aromatic rings. The molecule has 0 aliphatic heterocycles. The first-order valence-electron chi connectivity index (χ1n) is 8.59. The van der Waals surface area contributed by atoms with Crippen molar-refractivity contribution in [1.29, 1.82) is 0 Å². The van der Waals surface area contributed by atoms with Gasteiger partial charge in [0.05, 0.1) is 4.75 Å². The highest BCUT2D eigenvalue weighted by atomic mass is 32.2. The highest BCUT2D eigenvalue weighted by molar-refractivity contribution is 8.14. The lowest BCUT2D eigenvalue weighted by molar-refractivity contribution is -0.140. The Balaban J connectivity index is 1.95. The van der Waals surface area contributed by atoms with Gasteiger partial charge in [-0.05, 0) is 39.5 Å². The molecule has 31 heavy (non-hydrogen) atoms. The molecule has 1 atom stereocenters. The zero-order valence-corrected chi connectivity index (χ0v) is 17.7. The largest absolute Gasteiger partial charge is 0.519 e. The van der Waals surface area contributed by atoms with Crippen LogP contribution in [0.3, 0.4) is 0 Å². The molecule has 0 saturated heterocycles. The second-order valence-electron chi connectivity index (χ2n) is 6.60. The minimum absolute atomic E-state index is 0.00874. The van der Waals surface area contributed by atoms with Crippen LogP contribution in [0.2, 0.25) is 0 Å². The molecule has 2 N–H and O–H groups in total. The van der Waals surface area contributed by atoms with Crippen LogP contribution in [0.1, 0.15) is 36.9 Å². The molecule has 2 aromatic heterocycles. The van der Waals surface area contributed by atoms with Gasteiger partial charge < -0.3 is 37.6 Å². The third-order valence-corrected chi connectivity index (χ3v) is 4.92. The second kappa shape index (κ2) is 9.59. The normalized spacial score (nSPS) is 12.3. The highest BCUT2D eigenvalue weighted by Crippen LogP contribution is 2.31. The molecule has 0 unspecified atom stereocenters. The summed E-state index contributed by atoms with van der Waals surface area (Å²) in [5.74, 6) is -3.14. The zero-order valence-electron chi connectivity index (χ0n) is 16.8. The van der Waals surface area contributed by atoms with Crippen LogP contribution in [-0.4, -0.2) is 33.3 Å². The summed E-state index contributed by atoms with van der Waals surface area (Å²) >= 11 is 0.495. The third-order valence-electron chi connectivity index (χ3n) is 3.88. The first-order valence-corrected chi connectivity index (χ1v) is 9.41. The molecule has 170 valence electrons. The van der Waals surface area contributed by atoms with E-state index in [1.54, 1.807) is 0 Å². The Morgan fingerprint density at radius 3 is 1.87 bits per heavy atom. The number of amides is 1. The topological polar surface area (TPSA) is 189 Å². The molecule has 0 aliphatic rings. The summed E-state index contributed by atoms with van der Waals surface area (Å²) in [6.07, 6.45) is -1.13. The molecule has 0 saturated carbocycles. The van der Waals surface area contributed by atoms with Gasteiger partial charge in [0.1, 0.15) is 6.04 Å². The van der Waals surface area contributed by atoms with Gasteiger partial charge in [-0.25, -0.2) is 24.0 Å². The summed E-state index contributed by atoms with van der Waals surface area (Å²) in [5.41, 5.74) is 0. The Hall–Kier alpha value is -3.42. The number of aliphatic carboxylic acids is 1. The predicted octanol–water partition coefficient (Wildman–Crippen LogP) is 1.92. The number of carbonyl (C=O) groups excluding carboxylic acids is 2. The Morgan fingerprint density at radius 1 is 0.968 bits per heavy atom. The maximum Gasteiger partial charge on any atom is 0.519 e. The van der Waals surface area contributed by atoms with E-state index >= 15 is 0 Å². The highest BCUT2D eigenvalue weighted by Gasteiger charge is 2.40. The van der Waals surface area contributed by atoms with Crippen LogP contribution in [0.5, 0.6) is 0 Å². The van der Waals surface area contributed by atoms with Crippen LogP contribution >= 0.6 is 11.8 Å². The monoisotopic (exact) mass is 461 g/mol. The van der Waals surface area contributed by atoms with E-state index in [4.69, 9.17) is 13.9 Å². The van der Waals surface area contributed by atoms with E-state index in [9.17, 15) is 29.1 Å². The Kier molecular flexibility index (Phi) is 7.38. The van der Waals surface area contributed by atoms with Crippen LogP contribution in [0.25, 0.3) is 0 Å². The van der Waals surface area contributed by atoms with Gasteiger partial charge in [0, 0.05) is 0 Å². The number of alkyl carbamates (subject to hydrolysis) is 1. The van der Waals surface area contributed by atoms with Crippen molar-refractivity contribution in [1.82, 2.24) is 5.32 Å². The third kappa shape index (κ3) is 6.53. The quantitative estimate of drug-likeness (QED) is 0.543. The molecule has 0 fully saturated rings. The number of rotatable bonds is 8. The standard InChI is InChI=1S/C17H19NO12S/c1-7-9(29-14(22)27-7)5-25-13(21)18-11(12(19)20)17(3,4)31-16(24)26-6-10-8(2)28-15(23)30-10/h11H,5-6H2,1-4H3,(H,18,21)(H,19,20)/t11-/m0/s1. The van der Waals surface area contributed by atoms with Gasteiger partial charge >= 0.3 is 29.0 Å². The molecule has 0 aliphatic carbocycles. The number of aryl methyl sites for hydroxylation is 2. The average molecular weight is 461 g/mol. The number of nitrogens with one attached hydrogen (secondary N) is 1. The van der Waals surface area contributed by atoms with Crippen molar-refractivity contribution < 1.29 is 46.6 Å². The second-order valence-corrected chi connectivity index (χ2v) is 8.19. The van der Waals surface area contributed by atoms with Crippen molar-refractivity contribution in [2.24, 2.45) is 0 Å². The minimum Gasteiger partial charge on any atom is -0.480 e. The van der Waals surface area contributed by atoms with E-state index in [1.807, 2.05) is 0 Å². The van der Waals surface area contributed by atoms with Gasteiger partial charge in [-0.1, -0.05) is 0 Å². The Morgan fingerprint density at radius 2 is 1.45 bits per heavy atom. The van der Waals surface area contributed by atoms with E-state index in [0.717, 1.165) is 0 Å². The number of carboxylic acid groups (broad SMARTS) is 1. The van der Waals surface area contributed by atoms with Gasteiger partial charge in [-0.15, -0.1) is 0 Å². The van der Waals surface area contributed by atoms with Crippen LogP contribution < -0.4 is 17.0 Å². The molecular weight excluding hydrogens is 442 g/mol. The Labute approximate surface area is 177 Å². The maximum atomic E-state index is 12.1. The lowest BCUT2D eigenvalue weighted by Gasteiger charge is -2.29. The van der Waals surface area contributed by atoms with Crippen LogP contribution in [0, 0.1) is 13.8 Å². The van der Waals surface area contributed by atoms with Crippen molar-refractivity contribution >= 4 is 29.1 Å². The lowest BCUT2D eigenvalue weighted by atomic mass is 10.0. The number of carboxylic acids is 1. The van der Waals surface area contributed by atoms with E-state index in [0.29, 0.717) is 11.8 Å². The first kappa shape index (κ1) is 23.9. The number of hydrogen-bond donors (Lipinski definition) is 2. The van der Waals surface area contributed by atoms with E-state index < -0.39 is 53.0 Å². The zero-order chi connectivity index (χ0) is 23.3. The summed E-state index contributed by atoms with van der Waals surface area (Å²) in [5, 5.41) is 10.7. The number of ether oxygens (including phenoxy) is 2. The average Bonchev–Trinajstić information content (AvgIpc) is 3.14. The lowest BCUT2D eigenvalue weighted by Crippen LogP contribution is -2.53. The van der Waals surface area contributed by atoms with Gasteiger partial charge in [-0.2, -0.15) is 0 Å². The molecule has 0 aromatic carbocycles. The number of thioether (sulfide) groups is 1. The molecule has 1 amide bonds. The van der Waals surface area contributed by atoms with Crippen molar-refractivity contribution in [3.05, 3.63) is 44.3 Å². The fraction of sp³-hybridized carbons (Fsp3) is 0.471. The van der Waals surface area contributed by atoms with Crippen molar-refractivity contribution in [3.8, 4) is 0 Å². The molecule has 0 radical (unpaired) electrons. The summed E-state index contributed by atoms with van der Waals surface area (Å²) in [6, 6.07) is -1.57. The van der Waals surface area contributed by atoms with Crippen molar-refractivity contribution in [2.45, 2.75) is 51.7 Å². The fourth-order valence-electron chi connectivity index (χ4n) is 2.26. The van der Waals surface area contributed by atoms with Crippen molar-refractivity contribution in [2.75, 3.05) is 0 Å². The van der Waals surface area contributed by atoms with Gasteiger partial charge in [-0.3, -0.25) is 0 Å². The van der Waals surface area contributed by atoms with Crippen LogP contribution in [0.4, 0.5) is 9.59 Å². The molecular formula is C17H19NO12S. The summed E-state index contributed by atoms with van der Waals surface area (Å²) in [7, 11) is 0. The molecule has 2 heterocycles. The van der Waals surface area contributed by atoms with Crippen LogP contribution in [0.15, 0.2) is 27.3 Å². The number of carbonyl (C=O) groups is 3. The number of hydrogen-bond acceptors (Lipinski definition) is 12. The maximum absolute atomic E-state index is 12.1. The summed E-state index contributed by atoms with van der Waals surface area (Å²) in [4.78, 5) is 57.7. The smallest absolute Gasteiger partial charge is 0.480 e. The molecule has 14 heteroatoms. The Bertz CT molecular complexity index is 1070. The first-order chi connectivity index (χ1) is 14.4. The predicted molar refractivity (Wildman–Crippen MR) is 101 cm³/mol. The van der Waals surface area contributed by atoms with Crippen LogP contribution in [-0.2, 0) is 27.5 Å². The summed E-state index contributed by atoms with van der Waals surface area (Å²) < 4.78 is 27.0. The van der Waals surface area contributed by atoms with Gasteiger partial charge in [0.2, 0.25) is 0 Å². The van der Waals surface area contributed by atoms with Gasteiger partial charge in [0.15, 0.2) is 36.3 Å². The fourth-order valence-corrected chi connectivity index (χ4v) is 3.09. The van der Waals surface area contributed by atoms with E-state index in [1.165, 1.54) is 27.7 Å². The summed E-state index contributed by atoms with van der Waals surface area (Å²) in [6.45, 7) is 4.77. The molecule has 2 rings (SSSR count).